The average Bonchev–Trinajstić information content (AvgIpc) is 3.16. The highest BCUT2D eigenvalue weighted by atomic mass is 16.6. The second kappa shape index (κ2) is 19.9. The van der Waals surface area contributed by atoms with E-state index < -0.39 is 34.7 Å². The topological polar surface area (TPSA) is 107 Å². The molecule has 0 bridgehead atoms. The number of ether oxygens (including phenoxy) is 6. The van der Waals surface area contributed by atoms with Crippen LogP contribution in [0.3, 0.4) is 0 Å². The molecule has 2 saturated carbocycles. The van der Waals surface area contributed by atoms with Crippen molar-refractivity contribution in [3.05, 3.63) is 87.5 Å². The van der Waals surface area contributed by atoms with Crippen LogP contribution in [0.2, 0.25) is 0 Å². The van der Waals surface area contributed by atoms with Gasteiger partial charge in [-0.25, -0.2) is 14.4 Å². The van der Waals surface area contributed by atoms with Crippen LogP contribution in [0.5, 0.6) is 17.2 Å². The van der Waals surface area contributed by atoms with Gasteiger partial charge < -0.3 is 28.4 Å². The summed E-state index contributed by atoms with van der Waals surface area (Å²) in [5.41, 5.74) is 5.31. The molecule has 5 rings (SSSR count). The molecule has 0 radical (unpaired) electrons. The molecular formula is C51H70O9. The summed E-state index contributed by atoms with van der Waals surface area (Å²) in [6.45, 7) is 20.2. The van der Waals surface area contributed by atoms with E-state index in [1.165, 1.54) is 12.8 Å². The number of carbonyl (C=O) groups is 3. The number of hydrogen-bond donors (Lipinski definition) is 0. The highest BCUT2D eigenvalue weighted by Crippen LogP contribution is 2.47. The molecule has 328 valence electrons. The Morgan fingerprint density at radius 3 is 1.22 bits per heavy atom. The number of carbonyl (C=O) groups excluding carboxylic acids is 3. The van der Waals surface area contributed by atoms with Crippen molar-refractivity contribution in [2.24, 2.45) is 0 Å². The summed E-state index contributed by atoms with van der Waals surface area (Å²) in [5, 5.41) is 0. The Balaban J connectivity index is 1.68. The Hall–Kier alpha value is -4.53. The van der Waals surface area contributed by atoms with Crippen LogP contribution in [0.4, 0.5) is 0 Å². The largest absolute Gasteiger partial charge is 0.482 e. The van der Waals surface area contributed by atoms with Crippen LogP contribution < -0.4 is 14.2 Å². The van der Waals surface area contributed by atoms with E-state index in [1.54, 1.807) is 0 Å². The highest BCUT2D eigenvalue weighted by molar-refractivity contribution is 5.73. The van der Waals surface area contributed by atoms with Crippen molar-refractivity contribution in [2.75, 3.05) is 19.8 Å². The minimum absolute atomic E-state index is 0.185. The lowest BCUT2D eigenvalue weighted by Gasteiger charge is -2.31. The maximum Gasteiger partial charge on any atom is 0.344 e. The number of rotatable bonds is 14. The molecule has 2 aliphatic rings. The number of benzene rings is 3. The van der Waals surface area contributed by atoms with Gasteiger partial charge in [-0.05, 0) is 165 Å². The molecule has 9 heteroatoms. The van der Waals surface area contributed by atoms with E-state index in [1.807, 2.05) is 80.5 Å². The molecule has 60 heavy (non-hydrogen) atoms. The summed E-state index contributed by atoms with van der Waals surface area (Å²) in [6, 6.07) is 16.7. The van der Waals surface area contributed by atoms with Crippen LogP contribution >= 0.6 is 0 Å². The SMILES string of the molecule is Cc1cc(OCC(=O)OC(C)(C)C)c(C2CCCCC2)cc1C(c1cc(C2CCCCC2)c(OCC(=O)OC(C)(C)C)cc1C)c1ccccc1OCC(=O)OC(C)(C)C. The van der Waals surface area contributed by atoms with Gasteiger partial charge in [-0.2, -0.15) is 0 Å². The molecule has 0 saturated heterocycles. The quantitative estimate of drug-likeness (QED) is 0.0892. The highest BCUT2D eigenvalue weighted by Gasteiger charge is 2.31. The molecule has 3 aromatic rings. The monoisotopic (exact) mass is 827 g/mol. The standard InChI is InChI=1S/C51H70O9/c1-33-26-43(56-31-46(53)59-50(6,7)8)40(35-20-14-12-15-21-35)28-38(33)48(37-24-18-19-25-42(37)55-30-45(52)58-49(3,4)5)39-29-41(36-22-16-13-17-23-36)44(27-34(39)2)57-32-47(54)60-51(9,10)11/h18-19,24-29,35-36,48H,12-17,20-23,30-32H2,1-11H3. The van der Waals surface area contributed by atoms with E-state index in [-0.39, 0.29) is 37.6 Å². The fourth-order valence-electron chi connectivity index (χ4n) is 8.64. The molecule has 3 aromatic carbocycles. The van der Waals surface area contributed by atoms with E-state index in [2.05, 4.69) is 44.2 Å². The number of aryl methyl sites for hydroxylation is 2. The Bertz CT molecular complexity index is 1840. The van der Waals surface area contributed by atoms with Crippen LogP contribution in [0, 0.1) is 13.8 Å². The fourth-order valence-corrected chi connectivity index (χ4v) is 8.64. The molecular weight excluding hydrogens is 757 g/mol. The zero-order valence-corrected chi connectivity index (χ0v) is 38.2. The van der Waals surface area contributed by atoms with Crippen LogP contribution in [0.1, 0.15) is 183 Å². The molecule has 0 N–H and O–H groups in total. The van der Waals surface area contributed by atoms with E-state index in [4.69, 9.17) is 28.4 Å². The fraction of sp³-hybridized carbons (Fsp3) is 0.588. The predicted molar refractivity (Wildman–Crippen MR) is 235 cm³/mol. The first-order chi connectivity index (χ1) is 28.2. The number of esters is 3. The van der Waals surface area contributed by atoms with Gasteiger partial charge >= 0.3 is 17.9 Å². The lowest BCUT2D eigenvalue weighted by Crippen LogP contribution is -2.27. The van der Waals surface area contributed by atoms with E-state index in [0.717, 1.165) is 90.3 Å². The first-order valence-corrected chi connectivity index (χ1v) is 22.1. The van der Waals surface area contributed by atoms with Gasteiger partial charge in [0.25, 0.3) is 0 Å². The minimum Gasteiger partial charge on any atom is -0.482 e. The van der Waals surface area contributed by atoms with Crippen molar-refractivity contribution >= 4 is 17.9 Å². The summed E-state index contributed by atoms with van der Waals surface area (Å²) < 4.78 is 36.0. The summed E-state index contributed by atoms with van der Waals surface area (Å²) in [6.07, 6.45) is 11.0. The molecule has 0 aromatic heterocycles. The Morgan fingerprint density at radius 1 is 0.500 bits per heavy atom. The lowest BCUT2D eigenvalue weighted by molar-refractivity contribution is -0.158. The number of para-hydroxylation sites is 1. The van der Waals surface area contributed by atoms with Crippen LogP contribution in [0.25, 0.3) is 0 Å². The van der Waals surface area contributed by atoms with Gasteiger partial charge in [0.05, 0.1) is 0 Å². The van der Waals surface area contributed by atoms with Gasteiger partial charge in [-0.15, -0.1) is 0 Å². The Kier molecular flexibility index (Phi) is 15.4. The third-order valence-corrected chi connectivity index (χ3v) is 11.0. The molecule has 0 spiro atoms. The molecule has 9 nitrogen and oxygen atoms in total. The molecule has 0 aliphatic heterocycles. The van der Waals surface area contributed by atoms with Gasteiger partial charge in [-0.3, -0.25) is 0 Å². The zero-order chi connectivity index (χ0) is 43.8. The summed E-state index contributed by atoms with van der Waals surface area (Å²) in [7, 11) is 0. The molecule has 0 amide bonds. The van der Waals surface area contributed by atoms with Gasteiger partial charge in [0.15, 0.2) is 19.8 Å². The minimum atomic E-state index is -0.650. The molecule has 2 aliphatic carbocycles. The second-order valence-electron chi connectivity index (χ2n) is 19.8. The predicted octanol–water partition coefficient (Wildman–Crippen LogP) is 11.7. The first kappa shape index (κ1) is 46.5. The lowest BCUT2D eigenvalue weighted by atomic mass is 9.75. The van der Waals surface area contributed by atoms with Crippen molar-refractivity contribution < 1.29 is 42.8 Å². The van der Waals surface area contributed by atoms with Crippen molar-refractivity contribution in [3.8, 4) is 17.2 Å². The van der Waals surface area contributed by atoms with Crippen LogP contribution in [0.15, 0.2) is 48.5 Å². The maximum atomic E-state index is 13.0. The second-order valence-corrected chi connectivity index (χ2v) is 19.8. The molecule has 0 heterocycles. The summed E-state index contributed by atoms with van der Waals surface area (Å²) >= 11 is 0. The third kappa shape index (κ3) is 13.5. The molecule has 2 fully saturated rings. The van der Waals surface area contributed by atoms with E-state index in [9.17, 15) is 14.4 Å². The van der Waals surface area contributed by atoms with Crippen LogP contribution in [-0.2, 0) is 28.6 Å². The van der Waals surface area contributed by atoms with Gasteiger partial charge in [-0.1, -0.05) is 68.9 Å². The maximum absolute atomic E-state index is 13.0. The van der Waals surface area contributed by atoms with Gasteiger partial charge in [0.2, 0.25) is 0 Å². The van der Waals surface area contributed by atoms with Crippen LogP contribution in [-0.4, -0.2) is 54.5 Å². The number of hydrogen-bond acceptors (Lipinski definition) is 9. The summed E-state index contributed by atoms with van der Waals surface area (Å²) in [4.78, 5) is 38.8. The smallest absolute Gasteiger partial charge is 0.344 e. The van der Waals surface area contributed by atoms with Gasteiger partial charge in [0.1, 0.15) is 34.1 Å². The Morgan fingerprint density at radius 2 is 0.850 bits per heavy atom. The van der Waals surface area contributed by atoms with Crippen molar-refractivity contribution in [1.29, 1.82) is 0 Å². The van der Waals surface area contributed by atoms with E-state index >= 15 is 0 Å². The summed E-state index contributed by atoms with van der Waals surface area (Å²) in [5.74, 6) is 0.909. The zero-order valence-electron chi connectivity index (χ0n) is 38.2. The van der Waals surface area contributed by atoms with E-state index in [0.29, 0.717) is 17.2 Å². The Labute approximate surface area is 359 Å². The normalized spacial score (nSPS) is 15.7. The van der Waals surface area contributed by atoms with Crippen molar-refractivity contribution in [1.82, 2.24) is 0 Å². The third-order valence-electron chi connectivity index (χ3n) is 11.0. The van der Waals surface area contributed by atoms with Gasteiger partial charge in [0, 0.05) is 11.5 Å². The molecule has 0 atom stereocenters. The average molecular weight is 827 g/mol. The first-order valence-electron chi connectivity index (χ1n) is 22.1. The van der Waals surface area contributed by atoms with Crippen molar-refractivity contribution in [2.45, 2.75) is 175 Å². The molecule has 0 unspecified atom stereocenters. The van der Waals surface area contributed by atoms with Crippen molar-refractivity contribution in [3.63, 3.8) is 0 Å².